The van der Waals surface area contributed by atoms with E-state index in [2.05, 4.69) is 98.2 Å². The Labute approximate surface area is 482 Å². The minimum Gasteiger partial charge on any atom is -0.394 e. The van der Waals surface area contributed by atoms with Gasteiger partial charge in [0, 0.05) is 6.42 Å². The van der Waals surface area contributed by atoms with Crippen molar-refractivity contribution in [2.45, 2.75) is 259 Å². The lowest BCUT2D eigenvalue weighted by Gasteiger charge is -2.48. The van der Waals surface area contributed by atoms with Crippen LogP contribution in [0.4, 0.5) is 0 Å². The van der Waals surface area contributed by atoms with Crippen molar-refractivity contribution >= 4 is 5.91 Å². The smallest absolute Gasteiger partial charge is 0.220 e. The molecule has 0 aromatic heterocycles. The number of carbonyl (C=O) groups is 1. The first-order chi connectivity index (χ1) is 39.3. The largest absolute Gasteiger partial charge is 0.394 e. The van der Waals surface area contributed by atoms with Crippen LogP contribution in [0.3, 0.4) is 0 Å². The highest BCUT2D eigenvalue weighted by Crippen LogP contribution is 2.33. The number of hydrogen-bond acceptors (Lipinski definition) is 18. The molecule has 464 valence electrons. The topological polar surface area (TPSA) is 307 Å². The standard InChI is InChI=1S/C62H103NO18/c1-3-5-7-9-11-13-15-17-18-19-20-21-22-23-24-25-26-28-30-32-34-36-38-40-50(68)63-45(46(67)39-37-35-33-31-29-27-16-14-12-10-8-6-4-2)44-76-60-56(74)53(71)58(48(42-65)78-60)81-62-57(75)54(72)59(49(43-66)79-62)80-61-55(73)52(70)51(69)47(41-64)77-61/h5,7,11,13,17-18,20-21,23-24,26,28,32,34,37,39,45-49,51-62,64-67,69-75H,3-4,6,8-10,12,14-16,19,22,25,27,29-31,33,35-36,38,40-44H2,1-2H3,(H,63,68)/b7-5-,13-11-,18-17-,21-20-,24-23-,28-26-,34-32-,39-37+. The summed E-state index contributed by atoms with van der Waals surface area (Å²) in [4.78, 5) is 13.3. The predicted molar refractivity (Wildman–Crippen MR) is 309 cm³/mol. The molecule has 17 atom stereocenters. The summed E-state index contributed by atoms with van der Waals surface area (Å²) in [5.74, 6) is -0.339. The lowest BCUT2D eigenvalue weighted by molar-refractivity contribution is -0.379. The van der Waals surface area contributed by atoms with E-state index in [4.69, 9.17) is 28.4 Å². The number of hydrogen-bond donors (Lipinski definition) is 12. The van der Waals surface area contributed by atoms with Crippen molar-refractivity contribution < 1.29 is 89.4 Å². The molecular formula is C62H103NO18. The molecular weight excluding hydrogens is 1050 g/mol. The fourth-order valence-electron chi connectivity index (χ4n) is 9.47. The third kappa shape index (κ3) is 28.0. The number of aliphatic hydroxyl groups excluding tert-OH is 11. The second-order valence-corrected chi connectivity index (χ2v) is 21.1. The van der Waals surface area contributed by atoms with Gasteiger partial charge in [-0.25, -0.2) is 0 Å². The van der Waals surface area contributed by atoms with Gasteiger partial charge in [0.1, 0.15) is 73.2 Å². The van der Waals surface area contributed by atoms with E-state index in [-0.39, 0.29) is 18.9 Å². The van der Waals surface area contributed by atoms with E-state index in [0.29, 0.717) is 12.8 Å². The van der Waals surface area contributed by atoms with Gasteiger partial charge in [0.25, 0.3) is 0 Å². The number of aliphatic hydroxyl groups is 11. The number of nitrogens with one attached hydrogen (secondary N) is 1. The molecule has 0 saturated carbocycles. The van der Waals surface area contributed by atoms with E-state index in [0.717, 1.165) is 70.6 Å². The van der Waals surface area contributed by atoms with Crippen LogP contribution < -0.4 is 5.32 Å². The Hall–Kier alpha value is -3.29. The Bertz CT molecular complexity index is 1850. The lowest BCUT2D eigenvalue weighted by Crippen LogP contribution is -2.66. The number of carbonyl (C=O) groups excluding carboxylic acids is 1. The number of rotatable bonds is 42. The fourth-order valence-corrected chi connectivity index (χ4v) is 9.47. The fraction of sp³-hybridized carbons (Fsp3) is 0.726. The zero-order valence-corrected chi connectivity index (χ0v) is 48.2. The Morgan fingerprint density at radius 2 is 0.852 bits per heavy atom. The summed E-state index contributed by atoms with van der Waals surface area (Å²) in [5.41, 5.74) is 0. The van der Waals surface area contributed by atoms with Crippen molar-refractivity contribution in [3.8, 4) is 0 Å². The van der Waals surface area contributed by atoms with E-state index in [1.165, 1.54) is 51.4 Å². The van der Waals surface area contributed by atoms with Gasteiger partial charge in [-0.05, 0) is 70.6 Å². The average molecular weight is 1150 g/mol. The Morgan fingerprint density at radius 3 is 1.32 bits per heavy atom. The van der Waals surface area contributed by atoms with Crippen molar-refractivity contribution in [1.82, 2.24) is 5.32 Å². The number of ether oxygens (including phenoxy) is 6. The summed E-state index contributed by atoms with van der Waals surface area (Å²) < 4.78 is 34.2. The summed E-state index contributed by atoms with van der Waals surface area (Å²) in [5, 5.41) is 120. The number of amides is 1. The Morgan fingerprint density at radius 1 is 0.457 bits per heavy atom. The van der Waals surface area contributed by atoms with E-state index in [1.54, 1.807) is 6.08 Å². The van der Waals surface area contributed by atoms with E-state index < -0.39 is 124 Å². The zero-order valence-electron chi connectivity index (χ0n) is 48.2. The summed E-state index contributed by atoms with van der Waals surface area (Å²) >= 11 is 0. The Balaban J connectivity index is 1.51. The Kier molecular flexibility index (Phi) is 39.3. The highest BCUT2D eigenvalue weighted by atomic mass is 16.8. The first-order valence-electron chi connectivity index (χ1n) is 30.0. The summed E-state index contributed by atoms with van der Waals surface area (Å²) in [6, 6.07) is -1.01. The van der Waals surface area contributed by atoms with Crippen LogP contribution in [-0.2, 0) is 33.2 Å². The van der Waals surface area contributed by atoms with Crippen LogP contribution in [0.15, 0.2) is 97.2 Å². The van der Waals surface area contributed by atoms with Crippen LogP contribution in [0.1, 0.15) is 155 Å². The van der Waals surface area contributed by atoms with E-state index >= 15 is 0 Å². The third-order valence-electron chi connectivity index (χ3n) is 14.4. The third-order valence-corrected chi connectivity index (χ3v) is 14.4. The highest BCUT2D eigenvalue weighted by molar-refractivity contribution is 5.76. The van der Waals surface area contributed by atoms with Crippen molar-refractivity contribution in [3.63, 3.8) is 0 Å². The van der Waals surface area contributed by atoms with Crippen LogP contribution in [-0.4, -0.2) is 193 Å². The maximum Gasteiger partial charge on any atom is 0.220 e. The molecule has 3 aliphatic heterocycles. The van der Waals surface area contributed by atoms with Crippen LogP contribution in [0.2, 0.25) is 0 Å². The molecule has 17 unspecified atom stereocenters. The summed E-state index contributed by atoms with van der Waals surface area (Å²) in [7, 11) is 0. The quantitative estimate of drug-likeness (QED) is 0.0270. The second kappa shape index (κ2) is 44.2. The van der Waals surface area contributed by atoms with Crippen molar-refractivity contribution in [1.29, 1.82) is 0 Å². The summed E-state index contributed by atoms with van der Waals surface area (Å²) in [6.45, 7) is 1.53. The first-order valence-corrected chi connectivity index (χ1v) is 30.0. The lowest BCUT2D eigenvalue weighted by atomic mass is 9.96. The molecule has 0 aromatic rings. The van der Waals surface area contributed by atoms with Crippen LogP contribution in [0, 0.1) is 0 Å². The first kappa shape index (κ1) is 72.0. The second-order valence-electron chi connectivity index (χ2n) is 21.1. The highest BCUT2D eigenvalue weighted by Gasteiger charge is 2.53. The molecule has 1 amide bonds. The molecule has 0 aromatic carbocycles. The molecule has 19 nitrogen and oxygen atoms in total. The average Bonchev–Trinajstić information content (AvgIpc) is 3.57. The molecule has 19 heteroatoms. The van der Waals surface area contributed by atoms with E-state index in [9.17, 15) is 61.0 Å². The van der Waals surface area contributed by atoms with Gasteiger partial charge in [-0.2, -0.15) is 0 Å². The van der Waals surface area contributed by atoms with Gasteiger partial charge in [-0.3, -0.25) is 4.79 Å². The SMILES string of the molecule is CC/C=C\C/C=C\C/C=C\C/C=C\C/C=C\C/C=C\C/C=C\CCCC(=O)NC(COC1OC(CO)C(OC2OC(CO)C(OC3OC(CO)C(O)C(O)C3O)C(O)C2O)C(O)C1O)C(O)/C=C/CCCCCCCCCCCCC. The maximum absolute atomic E-state index is 13.3. The molecule has 0 spiro atoms. The van der Waals surface area contributed by atoms with Crippen molar-refractivity contribution in [2.75, 3.05) is 26.4 Å². The van der Waals surface area contributed by atoms with E-state index in [1.807, 2.05) is 12.2 Å². The molecule has 81 heavy (non-hydrogen) atoms. The maximum atomic E-state index is 13.3. The molecule has 3 rings (SSSR count). The molecule has 12 N–H and O–H groups in total. The van der Waals surface area contributed by atoms with Gasteiger partial charge in [0.15, 0.2) is 18.9 Å². The normalized spacial score (nSPS) is 30.5. The van der Waals surface area contributed by atoms with Gasteiger partial charge in [0.05, 0.1) is 38.6 Å². The zero-order chi connectivity index (χ0) is 59.0. The van der Waals surface area contributed by atoms with Crippen LogP contribution in [0.5, 0.6) is 0 Å². The van der Waals surface area contributed by atoms with Crippen molar-refractivity contribution in [2.24, 2.45) is 0 Å². The molecule has 3 aliphatic rings. The predicted octanol–water partition coefficient (Wildman–Crippen LogP) is 5.37. The molecule has 0 aliphatic carbocycles. The number of allylic oxidation sites excluding steroid dienone is 15. The monoisotopic (exact) mass is 1150 g/mol. The minimum absolute atomic E-state index is 0.157. The van der Waals surface area contributed by atoms with Gasteiger partial charge in [-0.1, -0.05) is 175 Å². The summed E-state index contributed by atoms with van der Waals surface area (Å²) in [6.07, 6.45) is 28.2. The molecule has 0 radical (unpaired) electrons. The van der Waals surface area contributed by atoms with Gasteiger partial charge in [-0.15, -0.1) is 0 Å². The van der Waals surface area contributed by atoms with Gasteiger partial charge >= 0.3 is 0 Å². The molecule has 3 heterocycles. The molecule has 3 saturated heterocycles. The molecule has 3 fully saturated rings. The number of unbranched alkanes of at least 4 members (excludes halogenated alkanes) is 12. The van der Waals surface area contributed by atoms with Gasteiger partial charge < -0.3 is 89.9 Å². The van der Waals surface area contributed by atoms with Crippen molar-refractivity contribution in [3.05, 3.63) is 97.2 Å². The van der Waals surface area contributed by atoms with Crippen LogP contribution >= 0.6 is 0 Å². The van der Waals surface area contributed by atoms with Crippen LogP contribution in [0.25, 0.3) is 0 Å². The minimum atomic E-state index is -1.99. The molecule has 0 bridgehead atoms. The van der Waals surface area contributed by atoms with Gasteiger partial charge in [0.2, 0.25) is 5.91 Å².